The normalized spacial score (nSPS) is 16.6. The average molecular weight is 363 g/mol. The predicted octanol–water partition coefficient (Wildman–Crippen LogP) is 2.73. The number of hydrogen-bond acceptors (Lipinski definition) is 5. The molecule has 1 aromatic heterocycles. The molecule has 0 aliphatic heterocycles. The molecular formula is C17H22FN5OS. The van der Waals surface area contributed by atoms with Crippen molar-refractivity contribution in [3.8, 4) is 11.4 Å². The molecule has 1 atom stereocenters. The van der Waals surface area contributed by atoms with Crippen molar-refractivity contribution in [1.29, 1.82) is 0 Å². The number of benzene rings is 1. The van der Waals surface area contributed by atoms with Crippen molar-refractivity contribution in [3.63, 3.8) is 0 Å². The van der Waals surface area contributed by atoms with Crippen LogP contribution in [0.5, 0.6) is 0 Å². The van der Waals surface area contributed by atoms with Crippen LogP contribution in [0.25, 0.3) is 11.4 Å². The van der Waals surface area contributed by atoms with Crippen molar-refractivity contribution in [1.82, 2.24) is 20.2 Å². The molecule has 134 valence electrons. The third-order valence-corrected chi connectivity index (χ3v) is 5.44. The molecule has 0 radical (unpaired) electrons. The molecule has 3 N–H and O–H groups in total. The Morgan fingerprint density at radius 1 is 1.32 bits per heavy atom. The van der Waals surface area contributed by atoms with Crippen LogP contribution < -0.4 is 11.2 Å². The van der Waals surface area contributed by atoms with Crippen LogP contribution >= 0.6 is 11.8 Å². The summed E-state index contributed by atoms with van der Waals surface area (Å²) in [6.45, 7) is 1.81. The number of nitrogen functional groups attached to an aromatic ring is 1. The first-order valence-corrected chi connectivity index (χ1v) is 9.36. The molecule has 1 saturated carbocycles. The summed E-state index contributed by atoms with van der Waals surface area (Å²) in [5, 5.41) is 11.1. The van der Waals surface area contributed by atoms with Gasteiger partial charge in [0.15, 0.2) is 5.82 Å². The molecule has 1 aromatic carbocycles. The summed E-state index contributed by atoms with van der Waals surface area (Å²) in [6, 6.07) is 6.51. The summed E-state index contributed by atoms with van der Waals surface area (Å²) < 4.78 is 15.1. The maximum Gasteiger partial charge on any atom is 0.233 e. The van der Waals surface area contributed by atoms with Gasteiger partial charge >= 0.3 is 0 Å². The van der Waals surface area contributed by atoms with Gasteiger partial charge in [0.05, 0.1) is 10.8 Å². The van der Waals surface area contributed by atoms with E-state index in [0.717, 1.165) is 25.7 Å². The van der Waals surface area contributed by atoms with Crippen molar-refractivity contribution < 1.29 is 9.18 Å². The number of carbonyl (C=O) groups excluding carboxylic acids is 1. The Bertz CT molecular complexity index is 744. The Balaban J connectivity index is 1.66. The molecule has 1 aliphatic carbocycles. The summed E-state index contributed by atoms with van der Waals surface area (Å²) >= 11 is 1.22. The number of aromatic nitrogens is 3. The number of nitrogens with two attached hydrogens (primary N) is 1. The van der Waals surface area contributed by atoms with E-state index < -0.39 is 5.82 Å². The molecular weight excluding hydrogens is 341 g/mol. The molecule has 1 amide bonds. The molecule has 0 spiro atoms. The van der Waals surface area contributed by atoms with E-state index >= 15 is 0 Å². The van der Waals surface area contributed by atoms with Crippen LogP contribution in [-0.4, -0.2) is 32.1 Å². The number of amides is 1. The van der Waals surface area contributed by atoms with E-state index in [1.165, 1.54) is 28.9 Å². The van der Waals surface area contributed by atoms with Crippen LogP contribution in [0.2, 0.25) is 0 Å². The van der Waals surface area contributed by atoms with Gasteiger partial charge in [0.2, 0.25) is 11.1 Å². The number of thioether (sulfide) groups is 1. The molecule has 6 nitrogen and oxygen atoms in total. The number of nitrogens with zero attached hydrogens (tertiary/aromatic N) is 3. The molecule has 25 heavy (non-hydrogen) atoms. The van der Waals surface area contributed by atoms with Gasteiger partial charge in [-0.05, 0) is 31.9 Å². The Kier molecular flexibility index (Phi) is 5.57. The molecule has 1 unspecified atom stereocenters. The van der Waals surface area contributed by atoms with Gasteiger partial charge in [-0.3, -0.25) is 4.79 Å². The molecule has 1 heterocycles. The zero-order chi connectivity index (χ0) is 17.8. The van der Waals surface area contributed by atoms with E-state index in [0.29, 0.717) is 5.16 Å². The fraction of sp³-hybridized carbons (Fsp3) is 0.471. The van der Waals surface area contributed by atoms with Crippen LogP contribution in [0.4, 0.5) is 4.39 Å². The van der Waals surface area contributed by atoms with Gasteiger partial charge in [0.1, 0.15) is 5.82 Å². The Labute approximate surface area is 150 Å². The molecule has 8 heteroatoms. The number of rotatable bonds is 5. The first-order valence-electron chi connectivity index (χ1n) is 8.48. The molecule has 0 bridgehead atoms. The van der Waals surface area contributed by atoms with E-state index in [1.54, 1.807) is 25.1 Å². The highest BCUT2D eigenvalue weighted by Gasteiger charge is 2.23. The number of nitrogens with one attached hydrogen (secondary N) is 1. The minimum Gasteiger partial charge on any atom is -0.352 e. The van der Waals surface area contributed by atoms with E-state index in [1.807, 2.05) is 0 Å². The Hall–Kier alpha value is -2.09. The van der Waals surface area contributed by atoms with Crippen molar-refractivity contribution in [2.24, 2.45) is 0 Å². The summed E-state index contributed by atoms with van der Waals surface area (Å²) in [7, 11) is 0. The zero-order valence-corrected chi connectivity index (χ0v) is 14.9. The van der Waals surface area contributed by atoms with Crippen LogP contribution in [0, 0.1) is 5.82 Å². The van der Waals surface area contributed by atoms with Gasteiger partial charge in [-0.2, -0.15) is 0 Å². The lowest BCUT2D eigenvalue weighted by Gasteiger charge is -2.24. The highest BCUT2D eigenvalue weighted by Crippen LogP contribution is 2.26. The minimum atomic E-state index is -0.416. The second-order valence-electron chi connectivity index (χ2n) is 6.26. The highest BCUT2D eigenvalue weighted by atomic mass is 32.2. The number of hydrogen-bond donors (Lipinski definition) is 2. The average Bonchev–Trinajstić information content (AvgIpc) is 2.97. The second-order valence-corrected chi connectivity index (χ2v) is 7.57. The SMILES string of the molecule is CC(Sc1nnc(-c2ccccc2F)n1N)C(=O)NC1CCCCC1. The third-order valence-electron chi connectivity index (χ3n) is 4.38. The van der Waals surface area contributed by atoms with Crippen LogP contribution in [0.1, 0.15) is 39.0 Å². The fourth-order valence-electron chi connectivity index (χ4n) is 2.96. The van der Waals surface area contributed by atoms with Crippen molar-refractivity contribution in [3.05, 3.63) is 30.1 Å². The largest absolute Gasteiger partial charge is 0.352 e. The lowest BCUT2D eigenvalue weighted by Crippen LogP contribution is -2.40. The van der Waals surface area contributed by atoms with Gasteiger partial charge in [0, 0.05) is 6.04 Å². The van der Waals surface area contributed by atoms with Gasteiger partial charge in [-0.15, -0.1) is 10.2 Å². The third kappa shape index (κ3) is 4.12. The van der Waals surface area contributed by atoms with Crippen LogP contribution in [-0.2, 0) is 4.79 Å². The Morgan fingerprint density at radius 3 is 2.76 bits per heavy atom. The number of halogens is 1. The van der Waals surface area contributed by atoms with Crippen molar-refractivity contribution in [2.45, 2.75) is 55.5 Å². The van der Waals surface area contributed by atoms with Gasteiger partial charge in [-0.1, -0.05) is 43.2 Å². The van der Waals surface area contributed by atoms with Gasteiger partial charge in [-0.25, -0.2) is 9.07 Å². The highest BCUT2D eigenvalue weighted by molar-refractivity contribution is 8.00. The van der Waals surface area contributed by atoms with Crippen LogP contribution in [0.15, 0.2) is 29.4 Å². The van der Waals surface area contributed by atoms with Crippen LogP contribution in [0.3, 0.4) is 0 Å². The number of carbonyl (C=O) groups is 1. The zero-order valence-electron chi connectivity index (χ0n) is 14.1. The lowest BCUT2D eigenvalue weighted by molar-refractivity contribution is -0.121. The predicted molar refractivity (Wildman–Crippen MR) is 95.9 cm³/mol. The second kappa shape index (κ2) is 7.86. The van der Waals surface area contributed by atoms with Crippen molar-refractivity contribution >= 4 is 17.7 Å². The topological polar surface area (TPSA) is 85.8 Å². The maximum absolute atomic E-state index is 13.9. The summed E-state index contributed by atoms with van der Waals surface area (Å²) in [5.74, 6) is 5.80. The molecule has 2 aromatic rings. The van der Waals surface area contributed by atoms with E-state index in [4.69, 9.17) is 5.84 Å². The molecule has 3 rings (SSSR count). The minimum absolute atomic E-state index is 0.0349. The molecule has 1 fully saturated rings. The van der Waals surface area contributed by atoms with E-state index in [9.17, 15) is 9.18 Å². The Morgan fingerprint density at radius 2 is 2.04 bits per heavy atom. The van der Waals surface area contributed by atoms with E-state index in [2.05, 4.69) is 15.5 Å². The lowest BCUT2D eigenvalue weighted by atomic mass is 9.95. The monoisotopic (exact) mass is 363 g/mol. The summed E-state index contributed by atoms with van der Waals surface area (Å²) in [5.41, 5.74) is 0.281. The first-order chi connectivity index (χ1) is 12.1. The van der Waals surface area contributed by atoms with E-state index in [-0.39, 0.29) is 28.6 Å². The smallest absolute Gasteiger partial charge is 0.233 e. The van der Waals surface area contributed by atoms with Gasteiger partial charge in [0.25, 0.3) is 0 Å². The first kappa shape index (κ1) is 17.7. The molecule has 1 aliphatic rings. The van der Waals surface area contributed by atoms with Gasteiger partial charge < -0.3 is 11.2 Å². The van der Waals surface area contributed by atoms with Crippen molar-refractivity contribution in [2.75, 3.05) is 5.84 Å². The quantitative estimate of drug-likeness (QED) is 0.630. The summed E-state index contributed by atoms with van der Waals surface area (Å²) in [6.07, 6.45) is 5.64. The summed E-state index contributed by atoms with van der Waals surface area (Å²) in [4.78, 5) is 12.4. The maximum atomic E-state index is 13.9. The standard InChI is InChI=1S/C17H22FN5OS/c1-11(16(24)20-12-7-3-2-4-8-12)25-17-22-21-15(23(17)19)13-9-5-6-10-14(13)18/h5-6,9-12H,2-4,7-8,19H2,1H3,(H,20,24). The fourth-order valence-corrected chi connectivity index (χ4v) is 3.74. The molecule has 0 saturated heterocycles.